The maximum atomic E-state index is 5.09. The van der Waals surface area contributed by atoms with E-state index < -0.39 is 0 Å². The van der Waals surface area contributed by atoms with Crippen molar-refractivity contribution in [2.75, 3.05) is 6.54 Å². The number of hydrogen-bond donors (Lipinski definition) is 0. The summed E-state index contributed by atoms with van der Waals surface area (Å²) in [4.78, 5) is 14.9. The molecule has 43 heavy (non-hydrogen) atoms. The summed E-state index contributed by atoms with van der Waals surface area (Å²) in [6, 6.07) is 44.6. The number of hydrogen-bond acceptors (Lipinski definition) is 3. The molecule has 9 rings (SSSR count). The molecule has 5 aromatic carbocycles. The maximum absolute atomic E-state index is 5.09. The van der Waals surface area contributed by atoms with E-state index >= 15 is 0 Å². The van der Waals surface area contributed by atoms with Crippen LogP contribution in [0.25, 0.3) is 72.8 Å². The predicted molar refractivity (Wildman–Crippen MR) is 174 cm³/mol. The molecule has 0 bridgehead atoms. The Balaban J connectivity index is 1.21. The molecule has 0 radical (unpaired) electrons. The first-order chi connectivity index (χ1) is 21.3. The molecule has 3 aromatic heterocycles. The van der Waals surface area contributed by atoms with Gasteiger partial charge in [-0.2, -0.15) is 0 Å². The first-order valence-corrected chi connectivity index (χ1v) is 14.5. The molecular formula is C38H25N5. The van der Waals surface area contributed by atoms with Gasteiger partial charge < -0.3 is 0 Å². The number of nitrogens with zero attached hydrogens (tertiary/aromatic N) is 5. The summed E-state index contributed by atoms with van der Waals surface area (Å²) in [5, 5.41) is 4.69. The summed E-state index contributed by atoms with van der Waals surface area (Å²) < 4.78 is 4.46. The number of pyridine rings is 1. The number of fused-ring (bicyclic) bond motifs is 6. The zero-order valence-corrected chi connectivity index (χ0v) is 23.2. The third-order valence-corrected chi connectivity index (χ3v) is 8.38. The summed E-state index contributed by atoms with van der Waals surface area (Å²) in [6.07, 6.45) is 4.18. The lowest BCUT2D eigenvalue weighted by Crippen LogP contribution is -2.25. The van der Waals surface area contributed by atoms with Crippen molar-refractivity contribution >= 4 is 38.9 Å². The maximum Gasteiger partial charge on any atom is 0.147 e. The van der Waals surface area contributed by atoms with Gasteiger partial charge in [0.2, 0.25) is 0 Å². The monoisotopic (exact) mass is 551 g/mol. The van der Waals surface area contributed by atoms with Crippen molar-refractivity contribution in [3.8, 4) is 33.9 Å². The molecule has 0 fully saturated rings. The van der Waals surface area contributed by atoms with Gasteiger partial charge in [-0.05, 0) is 59.0 Å². The highest BCUT2D eigenvalue weighted by Crippen LogP contribution is 2.32. The molecular weight excluding hydrogens is 526 g/mol. The number of para-hydroxylation sites is 3. The lowest BCUT2D eigenvalue weighted by Gasteiger charge is -2.12. The molecule has 0 aliphatic carbocycles. The second kappa shape index (κ2) is 9.36. The van der Waals surface area contributed by atoms with Crippen LogP contribution in [0, 0.1) is 0 Å². The van der Waals surface area contributed by atoms with Gasteiger partial charge in [-0.3, -0.25) is 14.1 Å². The zero-order chi connectivity index (χ0) is 28.3. The summed E-state index contributed by atoms with van der Waals surface area (Å²) in [5.74, 6) is 0.921. The van der Waals surface area contributed by atoms with Crippen LogP contribution < -0.4 is 10.7 Å². The van der Waals surface area contributed by atoms with Crippen molar-refractivity contribution in [1.29, 1.82) is 0 Å². The first-order valence-electron chi connectivity index (χ1n) is 14.5. The van der Waals surface area contributed by atoms with E-state index in [0.717, 1.165) is 61.4 Å². The van der Waals surface area contributed by atoms with Gasteiger partial charge in [0.05, 0.1) is 17.6 Å². The Morgan fingerprint density at radius 1 is 0.605 bits per heavy atom. The van der Waals surface area contributed by atoms with E-state index in [1.807, 2.05) is 18.3 Å². The van der Waals surface area contributed by atoms with Crippen LogP contribution in [0.15, 0.2) is 139 Å². The van der Waals surface area contributed by atoms with Crippen LogP contribution in [-0.2, 0) is 0 Å². The molecule has 0 saturated heterocycles. The lowest BCUT2D eigenvalue weighted by atomic mass is 10.0. The van der Waals surface area contributed by atoms with Gasteiger partial charge >= 0.3 is 0 Å². The first kappa shape index (κ1) is 23.9. The number of imidazole rings is 1. The zero-order valence-electron chi connectivity index (χ0n) is 23.2. The molecule has 0 atom stereocenters. The van der Waals surface area contributed by atoms with Gasteiger partial charge in [0, 0.05) is 39.1 Å². The van der Waals surface area contributed by atoms with Crippen LogP contribution >= 0.6 is 0 Å². The quantitative estimate of drug-likeness (QED) is 0.231. The van der Waals surface area contributed by atoms with Crippen molar-refractivity contribution < 1.29 is 0 Å². The van der Waals surface area contributed by atoms with Crippen molar-refractivity contribution in [1.82, 2.24) is 19.1 Å². The molecule has 5 heteroatoms. The Labute approximate surface area is 247 Å². The normalized spacial score (nSPS) is 12.5. The van der Waals surface area contributed by atoms with E-state index in [9.17, 15) is 0 Å². The average molecular weight is 552 g/mol. The SMILES string of the molecule is C1=c2c(n(-c3cccc(-c4cccc(-c5nc6ccccc6n5-c5ccccc5)c4)c3)c3ncc4ccccc4c23)=NC1. The van der Waals surface area contributed by atoms with Gasteiger partial charge in [-0.15, -0.1) is 0 Å². The highest BCUT2D eigenvalue weighted by atomic mass is 15.1. The Bertz CT molecular complexity index is 2480. The van der Waals surface area contributed by atoms with E-state index in [-0.39, 0.29) is 0 Å². The van der Waals surface area contributed by atoms with E-state index in [4.69, 9.17) is 15.0 Å². The Kier molecular flexibility index (Phi) is 5.19. The van der Waals surface area contributed by atoms with Gasteiger partial charge in [-0.25, -0.2) is 9.97 Å². The largest absolute Gasteiger partial charge is 0.292 e. The third-order valence-electron chi connectivity index (χ3n) is 8.38. The standard InChI is InChI=1S/C38H25N5/c1-2-14-29(15-3-1)42-34-19-7-6-18-33(34)41-36(42)27-13-8-11-25(22-27)26-12-9-16-30(23-26)43-37-32(20-21-39-37)35-31-17-5-4-10-28(31)24-40-38(35)43/h1-20,22-24H,21H2. The van der Waals surface area contributed by atoms with Crippen molar-refractivity contribution in [3.05, 3.63) is 144 Å². The summed E-state index contributed by atoms with van der Waals surface area (Å²) in [7, 11) is 0. The van der Waals surface area contributed by atoms with Gasteiger partial charge in [-0.1, -0.05) is 91.0 Å². The number of rotatable bonds is 4. The van der Waals surface area contributed by atoms with E-state index in [1.165, 1.54) is 16.0 Å². The molecule has 1 aliphatic heterocycles. The van der Waals surface area contributed by atoms with E-state index in [1.54, 1.807) is 0 Å². The van der Waals surface area contributed by atoms with Crippen molar-refractivity contribution in [2.24, 2.45) is 4.99 Å². The Morgan fingerprint density at radius 2 is 1.35 bits per heavy atom. The van der Waals surface area contributed by atoms with Gasteiger partial charge in [0.25, 0.3) is 0 Å². The van der Waals surface area contributed by atoms with Crippen LogP contribution in [0.4, 0.5) is 0 Å². The fraction of sp³-hybridized carbons (Fsp3) is 0.0263. The highest BCUT2D eigenvalue weighted by Gasteiger charge is 2.18. The third kappa shape index (κ3) is 3.68. The van der Waals surface area contributed by atoms with Crippen LogP contribution in [-0.4, -0.2) is 25.6 Å². The number of benzene rings is 5. The minimum absolute atomic E-state index is 0.688. The molecule has 0 spiro atoms. The predicted octanol–water partition coefficient (Wildman–Crippen LogP) is 7.27. The molecule has 8 aromatic rings. The van der Waals surface area contributed by atoms with Crippen LogP contribution in [0.2, 0.25) is 0 Å². The minimum atomic E-state index is 0.688. The molecule has 5 nitrogen and oxygen atoms in total. The van der Waals surface area contributed by atoms with Crippen molar-refractivity contribution in [2.45, 2.75) is 0 Å². The second-order valence-corrected chi connectivity index (χ2v) is 10.9. The fourth-order valence-corrected chi connectivity index (χ4v) is 6.46. The Hall–Kier alpha value is -5.81. The highest BCUT2D eigenvalue weighted by molar-refractivity contribution is 6.05. The molecule has 0 unspecified atom stereocenters. The average Bonchev–Trinajstić information content (AvgIpc) is 3.78. The number of aromatic nitrogens is 4. The molecule has 0 N–H and O–H groups in total. The molecule has 0 saturated carbocycles. The summed E-state index contributed by atoms with van der Waals surface area (Å²) in [5.41, 5.74) is 9.43. The molecule has 202 valence electrons. The smallest absolute Gasteiger partial charge is 0.147 e. The molecule has 4 heterocycles. The van der Waals surface area contributed by atoms with Crippen LogP contribution in [0.1, 0.15) is 0 Å². The fourth-order valence-electron chi connectivity index (χ4n) is 6.46. The molecule has 0 amide bonds. The minimum Gasteiger partial charge on any atom is -0.292 e. The van der Waals surface area contributed by atoms with Gasteiger partial charge in [0.15, 0.2) is 0 Å². The summed E-state index contributed by atoms with van der Waals surface area (Å²) >= 11 is 0. The summed E-state index contributed by atoms with van der Waals surface area (Å²) in [6.45, 7) is 0.688. The van der Waals surface area contributed by atoms with Crippen molar-refractivity contribution in [3.63, 3.8) is 0 Å². The second-order valence-electron chi connectivity index (χ2n) is 10.9. The topological polar surface area (TPSA) is 48.0 Å². The van der Waals surface area contributed by atoms with E-state index in [2.05, 4.69) is 130 Å². The van der Waals surface area contributed by atoms with E-state index in [0.29, 0.717) is 6.54 Å². The van der Waals surface area contributed by atoms with Gasteiger partial charge in [0.1, 0.15) is 17.0 Å². The van der Waals surface area contributed by atoms with Crippen LogP contribution in [0.5, 0.6) is 0 Å². The van der Waals surface area contributed by atoms with Crippen LogP contribution in [0.3, 0.4) is 0 Å². The molecule has 1 aliphatic rings. The Morgan fingerprint density at radius 3 is 2.28 bits per heavy atom. The lowest BCUT2D eigenvalue weighted by molar-refractivity contribution is 0.980.